The Morgan fingerprint density at radius 1 is 1.03 bits per heavy atom. The Morgan fingerprint density at radius 3 is 2.26 bits per heavy atom. The SMILES string of the molecule is C=C1CC(C(=O)OCC)(C(=O)OCC)C[C@]2(C)[C@@H]1CC[C@]1(C)c3c(cc(OC)cc3OC)CC[C@@H]21. The van der Waals surface area contributed by atoms with Crippen LogP contribution in [0.5, 0.6) is 11.5 Å². The first-order chi connectivity index (χ1) is 16.6. The van der Waals surface area contributed by atoms with E-state index in [1.165, 1.54) is 11.1 Å². The summed E-state index contributed by atoms with van der Waals surface area (Å²) in [4.78, 5) is 26.8. The van der Waals surface area contributed by atoms with Gasteiger partial charge in [0.1, 0.15) is 11.5 Å². The van der Waals surface area contributed by atoms with Crippen LogP contribution in [0.25, 0.3) is 0 Å². The average molecular weight is 485 g/mol. The predicted octanol–water partition coefficient (Wildman–Crippen LogP) is 5.40. The van der Waals surface area contributed by atoms with Crippen molar-refractivity contribution in [3.05, 3.63) is 35.4 Å². The maximum Gasteiger partial charge on any atom is 0.323 e. The third-order valence-corrected chi connectivity index (χ3v) is 9.24. The minimum Gasteiger partial charge on any atom is -0.497 e. The highest BCUT2D eigenvalue weighted by molar-refractivity contribution is 6.00. The fourth-order valence-corrected chi connectivity index (χ4v) is 7.99. The highest BCUT2D eigenvalue weighted by atomic mass is 16.6. The van der Waals surface area contributed by atoms with Crippen LogP contribution < -0.4 is 9.47 Å². The summed E-state index contributed by atoms with van der Waals surface area (Å²) >= 11 is 0. The van der Waals surface area contributed by atoms with Crippen LogP contribution in [0.4, 0.5) is 0 Å². The molecule has 0 heterocycles. The van der Waals surface area contributed by atoms with Gasteiger partial charge in [0.25, 0.3) is 0 Å². The van der Waals surface area contributed by atoms with Crippen LogP contribution in [0.2, 0.25) is 0 Å². The number of ether oxygens (including phenoxy) is 4. The number of methoxy groups -OCH3 is 2. The van der Waals surface area contributed by atoms with E-state index in [9.17, 15) is 9.59 Å². The number of fused-ring (bicyclic) bond motifs is 5. The summed E-state index contributed by atoms with van der Waals surface area (Å²) in [6.45, 7) is 13.0. The van der Waals surface area contributed by atoms with Crippen molar-refractivity contribution in [2.45, 2.75) is 71.6 Å². The minimum atomic E-state index is -1.35. The lowest BCUT2D eigenvalue weighted by atomic mass is 9.41. The second kappa shape index (κ2) is 9.18. The molecule has 0 amide bonds. The number of hydrogen-bond acceptors (Lipinski definition) is 6. The van der Waals surface area contributed by atoms with Crippen LogP contribution in [0, 0.1) is 22.7 Å². The topological polar surface area (TPSA) is 71.1 Å². The van der Waals surface area contributed by atoms with Crippen LogP contribution in [0.1, 0.15) is 70.9 Å². The Bertz CT molecular complexity index is 993. The number of hydrogen-bond donors (Lipinski definition) is 0. The summed E-state index contributed by atoms with van der Waals surface area (Å²) in [5, 5.41) is 0. The van der Waals surface area contributed by atoms with E-state index >= 15 is 0 Å². The van der Waals surface area contributed by atoms with E-state index in [4.69, 9.17) is 18.9 Å². The van der Waals surface area contributed by atoms with Gasteiger partial charge in [-0.15, -0.1) is 0 Å². The van der Waals surface area contributed by atoms with Gasteiger partial charge in [0, 0.05) is 11.6 Å². The first-order valence-corrected chi connectivity index (χ1v) is 12.9. The van der Waals surface area contributed by atoms with E-state index in [2.05, 4.69) is 26.5 Å². The zero-order valence-corrected chi connectivity index (χ0v) is 22.1. The monoisotopic (exact) mass is 484 g/mol. The Hall–Kier alpha value is -2.50. The fourth-order valence-electron chi connectivity index (χ4n) is 7.99. The van der Waals surface area contributed by atoms with Gasteiger partial charge in [0.05, 0.1) is 27.4 Å². The van der Waals surface area contributed by atoms with E-state index < -0.39 is 17.4 Å². The number of carbonyl (C=O) groups is 2. The summed E-state index contributed by atoms with van der Waals surface area (Å²) in [6, 6.07) is 4.11. The zero-order chi connectivity index (χ0) is 25.6. The van der Waals surface area contributed by atoms with Crippen molar-refractivity contribution in [1.82, 2.24) is 0 Å². The third kappa shape index (κ3) is 3.75. The molecule has 0 aromatic heterocycles. The van der Waals surface area contributed by atoms with Gasteiger partial charge in [-0.25, -0.2) is 0 Å². The molecule has 0 unspecified atom stereocenters. The van der Waals surface area contributed by atoms with Crippen molar-refractivity contribution < 1.29 is 28.5 Å². The highest BCUT2D eigenvalue weighted by Crippen LogP contribution is 2.68. The molecule has 0 spiro atoms. The van der Waals surface area contributed by atoms with Gasteiger partial charge in [0.15, 0.2) is 5.41 Å². The third-order valence-electron chi connectivity index (χ3n) is 9.24. The highest BCUT2D eigenvalue weighted by Gasteiger charge is 2.65. The molecular weight excluding hydrogens is 444 g/mol. The van der Waals surface area contributed by atoms with Gasteiger partial charge in [-0.2, -0.15) is 0 Å². The Balaban J connectivity index is 1.84. The van der Waals surface area contributed by atoms with Gasteiger partial charge >= 0.3 is 11.9 Å². The van der Waals surface area contributed by atoms with Crippen molar-refractivity contribution in [2.24, 2.45) is 22.7 Å². The predicted molar refractivity (Wildman–Crippen MR) is 134 cm³/mol. The molecule has 1 aromatic carbocycles. The molecule has 2 saturated carbocycles. The summed E-state index contributed by atoms with van der Waals surface area (Å²) < 4.78 is 22.4. The average Bonchev–Trinajstić information content (AvgIpc) is 2.82. The number of allylic oxidation sites excluding steroid dienone is 1. The van der Waals surface area contributed by atoms with Gasteiger partial charge in [-0.1, -0.05) is 26.0 Å². The lowest BCUT2D eigenvalue weighted by Crippen LogP contribution is -2.60. The quantitative estimate of drug-likeness (QED) is 0.306. The maximum atomic E-state index is 13.4. The molecular formula is C29H40O6. The maximum absolute atomic E-state index is 13.4. The van der Waals surface area contributed by atoms with Crippen molar-refractivity contribution in [1.29, 1.82) is 0 Å². The summed E-state index contributed by atoms with van der Waals surface area (Å²) in [7, 11) is 3.39. The smallest absolute Gasteiger partial charge is 0.323 e. The molecule has 6 heteroatoms. The van der Waals surface area contributed by atoms with E-state index in [-0.39, 0.29) is 35.9 Å². The molecule has 2 fully saturated rings. The van der Waals surface area contributed by atoms with Gasteiger partial charge in [-0.05, 0) is 86.7 Å². The van der Waals surface area contributed by atoms with Crippen LogP contribution in [-0.2, 0) is 30.9 Å². The van der Waals surface area contributed by atoms with Crippen LogP contribution in [0.3, 0.4) is 0 Å². The molecule has 0 radical (unpaired) electrons. The fraction of sp³-hybridized carbons (Fsp3) is 0.655. The van der Waals surface area contributed by atoms with Crippen molar-refractivity contribution in [2.75, 3.05) is 27.4 Å². The van der Waals surface area contributed by atoms with Gasteiger partial charge in [-0.3, -0.25) is 9.59 Å². The van der Waals surface area contributed by atoms with Crippen LogP contribution >= 0.6 is 0 Å². The summed E-state index contributed by atoms with van der Waals surface area (Å²) in [5.41, 5.74) is 1.64. The van der Waals surface area contributed by atoms with Crippen molar-refractivity contribution >= 4 is 11.9 Å². The van der Waals surface area contributed by atoms with E-state index in [0.717, 1.165) is 42.8 Å². The van der Waals surface area contributed by atoms with E-state index in [1.54, 1.807) is 28.1 Å². The molecule has 4 atom stereocenters. The molecule has 0 aliphatic heterocycles. The Kier molecular flexibility index (Phi) is 6.71. The molecule has 1 aromatic rings. The van der Waals surface area contributed by atoms with E-state index in [1.807, 2.05) is 6.07 Å². The largest absolute Gasteiger partial charge is 0.497 e. The Morgan fingerprint density at radius 2 is 1.69 bits per heavy atom. The lowest BCUT2D eigenvalue weighted by molar-refractivity contribution is -0.182. The van der Waals surface area contributed by atoms with Crippen molar-refractivity contribution in [3.8, 4) is 11.5 Å². The molecule has 192 valence electrons. The number of carbonyl (C=O) groups excluding carboxylic acids is 2. The molecule has 3 aliphatic carbocycles. The lowest BCUT2D eigenvalue weighted by Gasteiger charge is -2.62. The summed E-state index contributed by atoms with van der Waals surface area (Å²) in [6.07, 6.45) is 4.52. The Labute approximate surface area is 209 Å². The molecule has 0 bridgehead atoms. The number of benzene rings is 1. The first-order valence-electron chi connectivity index (χ1n) is 12.9. The zero-order valence-electron chi connectivity index (χ0n) is 22.1. The molecule has 4 rings (SSSR count). The van der Waals surface area contributed by atoms with Crippen LogP contribution in [-0.4, -0.2) is 39.4 Å². The standard InChI is InChI=1S/C29H40O6/c1-8-34-25(30)29(26(31)35-9-2)16-18(3)21-12-13-27(4)23(28(21,5)17-29)11-10-19-14-20(32-6)15-22(33-7)24(19)27/h14-15,21,23H,3,8-13,16-17H2,1-2,4-7H3/t21-,23-,27+,28-/m1/s1. The van der Waals surface area contributed by atoms with Crippen LogP contribution in [0.15, 0.2) is 24.3 Å². The second-order valence-corrected chi connectivity index (χ2v) is 11.0. The van der Waals surface area contributed by atoms with Crippen molar-refractivity contribution in [3.63, 3.8) is 0 Å². The summed E-state index contributed by atoms with van der Waals surface area (Å²) in [5.74, 6) is 1.17. The molecule has 0 N–H and O–H groups in total. The molecule has 6 nitrogen and oxygen atoms in total. The molecule has 0 saturated heterocycles. The number of esters is 2. The van der Waals surface area contributed by atoms with Gasteiger partial charge in [0.2, 0.25) is 0 Å². The van der Waals surface area contributed by atoms with E-state index in [0.29, 0.717) is 12.8 Å². The molecule has 3 aliphatic rings. The minimum absolute atomic E-state index is 0.164. The number of rotatable bonds is 6. The molecule has 35 heavy (non-hydrogen) atoms. The first kappa shape index (κ1) is 25.6. The second-order valence-electron chi connectivity index (χ2n) is 11.0. The normalized spacial score (nSPS) is 30.9. The number of aryl methyl sites for hydroxylation is 1. The van der Waals surface area contributed by atoms with Gasteiger partial charge < -0.3 is 18.9 Å².